The van der Waals surface area contributed by atoms with Crippen molar-refractivity contribution in [1.82, 2.24) is 4.98 Å². The smallest absolute Gasteiger partial charge is 0.308 e. The number of carbonyl (C=O) groups excluding carboxylic acids is 3. The second kappa shape index (κ2) is 8.13. The topological polar surface area (TPSA) is 79.5 Å². The third kappa shape index (κ3) is 3.91. The van der Waals surface area contributed by atoms with Gasteiger partial charge in [0.15, 0.2) is 6.10 Å². The first kappa shape index (κ1) is 19.3. The Bertz CT molecular complexity index is 1090. The summed E-state index contributed by atoms with van der Waals surface area (Å²) in [5, 5.41) is 0.799. The van der Waals surface area contributed by atoms with E-state index in [9.17, 15) is 14.4 Å². The van der Waals surface area contributed by atoms with Gasteiger partial charge in [0.05, 0.1) is 17.9 Å². The number of rotatable bonds is 6. The largest absolute Gasteiger partial charge is 0.454 e. The second-order valence-electron chi connectivity index (χ2n) is 6.80. The molecule has 29 heavy (non-hydrogen) atoms. The van der Waals surface area contributed by atoms with Crippen LogP contribution in [0.1, 0.15) is 23.7 Å². The van der Waals surface area contributed by atoms with Crippen LogP contribution < -0.4 is 4.90 Å². The molecule has 1 N–H and O–H groups in total. The van der Waals surface area contributed by atoms with E-state index in [0.717, 1.165) is 21.5 Å². The number of hydrogen-bond donors (Lipinski definition) is 1. The van der Waals surface area contributed by atoms with Gasteiger partial charge in [-0.2, -0.15) is 0 Å². The van der Waals surface area contributed by atoms with Crippen LogP contribution in [0.5, 0.6) is 0 Å². The highest BCUT2D eigenvalue weighted by atomic mass is 32.2. The Morgan fingerprint density at radius 3 is 2.79 bits per heavy atom. The molecule has 6 nitrogen and oxygen atoms in total. The van der Waals surface area contributed by atoms with Crippen LogP contribution in [-0.2, 0) is 14.3 Å². The molecule has 1 aliphatic rings. The number of thioether (sulfide) groups is 1. The first-order valence-electron chi connectivity index (χ1n) is 9.36. The number of aromatic nitrogens is 1. The number of anilines is 1. The van der Waals surface area contributed by atoms with Gasteiger partial charge in [-0.05, 0) is 25.1 Å². The highest BCUT2D eigenvalue weighted by Crippen LogP contribution is 2.34. The number of para-hydroxylation sites is 2. The van der Waals surface area contributed by atoms with Crippen molar-refractivity contribution < 1.29 is 19.1 Å². The summed E-state index contributed by atoms with van der Waals surface area (Å²) in [5.41, 5.74) is 2.16. The number of hydrogen-bond acceptors (Lipinski definition) is 5. The maximum absolute atomic E-state index is 12.7. The first-order chi connectivity index (χ1) is 14.0. The third-order valence-electron chi connectivity index (χ3n) is 4.88. The Hall–Kier alpha value is -3.06. The fourth-order valence-electron chi connectivity index (χ4n) is 3.41. The number of ketones is 1. The number of ether oxygens (including phenoxy) is 1. The Morgan fingerprint density at radius 2 is 1.93 bits per heavy atom. The van der Waals surface area contributed by atoms with E-state index in [0.29, 0.717) is 11.3 Å². The summed E-state index contributed by atoms with van der Waals surface area (Å²) >= 11 is 1.49. The van der Waals surface area contributed by atoms with Crippen LogP contribution in [0.3, 0.4) is 0 Å². The predicted octanol–water partition coefficient (Wildman–Crippen LogP) is 3.81. The molecule has 2 heterocycles. The van der Waals surface area contributed by atoms with Crippen molar-refractivity contribution in [1.29, 1.82) is 0 Å². The van der Waals surface area contributed by atoms with Crippen LogP contribution in [0.2, 0.25) is 0 Å². The van der Waals surface area contributed by atoms with E-state index in [1.807, 2.05) is 48.5 Å². The average Bonchev–Trinajstić information content (AvgIpc) is 3.16. The predicted molar refractivity (Wildman–Crippen MR) is 112 cm³/mol. The molecule has 0 saturated carbocycles. The average molecular weight is 408 g/mol. The van der Waals surface area contributed by atoms with Crippen LogP contribution in [-0.4, -0.2) is 41.0 Å². The van der Waals surface area contributed by atoms with E-state index in [4.69, 9.17) is 4.74 Å². The molecule has 0 aliphatic carbocycles. The van der Waals surface area contributed by atoms with Crippen LogP contribution in [0.25, 0.3) is 10.9 Å². The molecule has 0 radical (unpaired) electrons. The van der Waals surface area contributed by atoms with Gasteiger partial charge in [0, 0.05) is 34.1 Å². The minimum absolute atomic E-state index is 0.0241. The van der Waals surface area contributed by atoms with E-state index in [1.165, 1.54) is 11.8 Å². The van der Waals surface area contributed by atoms with Gasteiger partial charge in [-0.25, -0.2) is 0 Å². The fourth-order valence-corrected chi connectivity index (χ4v) is 4.34. The zero-order chi connectivity index (χ0) is 20.4. The van der Waals surface area contributed by atoms with Crippen LogP contribution in [0.4, 0.5) is 5.69 Å². The quantitative estimate of drug-likeness (QED) is 0.496. The lowest BCUT2D eigenvalue weighted by atomic mass is 10.1. The molecule has 148 valence electrons. The van der Waals surface area contributed by atoms with Crippen molar-refractivity contribution in [3.63, 3.8) is 0 Å². The van der Waals surface area contributed by atoms with Gasteiger partial charge in [0.1, 0.15) is 0 Å². The molecule has 1 amide bonds. The van der Waals surface area contributed by atoms with Crippen LogP contribution in [0, 0.1) is 0 Å². The molecule has 1 atom stereocenters. The number of fused-ring (bicyclic) bond motifs is 2. The molecule has 3 aromatic rings. The number of nitrogens with one attached hydrogen (secondary N) is 1. The summed E-state index contributed by atoms with van der Waals surface area (Å²) in [6, 6.07) is 15.1. The maximum Gasteiger partial charge on any atom is 0.308 e. The molecule has 2 aromatic carbocycles. The highest BCUT2D eigenvalue weighted by molar-refractivity contribution is 8.00. The molecular weight excluding hydrogens is 388 g/mol. The molecule has 4 rings (SSSR count). The standard InChI is InChI=1S/C22H20N2O4S/c1-14(22(27)16-12-23-17-7-3-2-6-15(16)17)28-21(26)10-11-24-18-8-4-5-9-19(18)29-13-20(24)25/h2-9,12,14,23H,10-11,13H2,1H3/t14-/m1/s1. The number of nitrogens with zero attached hydrogens (tertiary/aromatic N) is 1. The number of aromatic amines is 1. The molecule has 1 aromatic heterocycles. The summed E-state index contributed by atoms with van der Waals surface area (Å²) < 4.78 is 5.35. The minimum Gasteiger partial charge on any atom is -0.454 e. The van der Waals surface area contributed by atoms with E-state index in [2.05, 4.69) is 4.98 Å². The minimum atomic E-state index is -0.901. The van der Waals surface area contributed by atoms with Gasteiger partial charge in [0.25, 0.3) is 0 Å². The van der Waals surface area contributed by atoms with Gasteiger partial charge in [-0.3, -0.25) is 14.4 Å². The zero-order valence-corrected chi connectivity index (χ0v) is 16.7. The van der Waals surface area contributed by atoms with Gasteiger partial charge in [0.2, 0.25) is 11.7 Å². The number of esters is 1. The molecule has 0 unspecified atom stereocenters. The normalized spacial score (nSPS) is 14.5. The molecule has 0 spiro atoms. The van der Waals surface area contributed by atoms with Crippen LogP contribution in [0.15, 0.2) is 59.6 Å². The Morgan fingerprint density at radius 1 is 1.17 bits per heavy atom. The number of benzene rings is 2. The monoisotopic (exact) mass is 408 g/mol. The molecule has 0 saturated heterocycles. The Balaban J connectivity index is 1.38. The van der Waals surface area contributed by atoms with Gasteiger partial charge >= 0.3 is 5.97 Å². The summed E-state index contributed by atoms with van der Waals surface area (Å²) in [5.74, 6) is -0.452. The molecule has 7 heteroatoms. The molecule has 1 aliphatic heterocycles. The van der Waals surface area contributed by atoms with Crippen molar-refractivity contribution in [2.45, 2.75) is 24.3 Å². The summed E-state index contributed by atoms with van der Waals surface area (Å²) in [6.45, 7) is 1.79. The number of Topliss-reactive ketones (excluding diaryl/α,β-unsaturated/α-hetero) is 1. The maximum atomic E-state index is 12.7. The second-order valence-corrected chi connectivity index (χ2v) is 7.81. The molecule has 0 fully saturated rings. The number of carbonyl (C=O) groups is 3. The first-order valence-corrected chi connectivity index (χ1v) is 10.3. The van der Waals surface area contributed by atoms with Gasteiger partial charge < -0.3 is 14.6 Å². The summed E-state index contributed by atoms with van der Waals surface area (Å²) in [7, 11) is 0. The highest BCUT2D eigenvalue weighted by Gasteiger charge is 2.26. The Labute approximate surface area is 172 Å². The van der Waals surface area contributed by atoms with E-state index in [-0.39, 0.29) is 24.7 Å². The lowest BCUT2D eigenvalue weighted by Crippen LogP contribution is -2.37. The number of amides is 1. The summed E-state index contributed by atoms with van der Waals surface area (Å²) in [6.07, 6.45) is 0.760. The van der Waals surface area contributed by atoms with E-state index >= 15 is 0 Å². The van der Waals surface area contributed by atoms with Gasteiger partial charge in [-0.1, -0.05) is 30.3 Å². The van der Waals surface area contributed by atoms with Crippen molar-refractivity contribution in [2.24, 2.45) is 0 Å². The van der Waals surface area contributed by atoms with E-state index in [1.54, 1.807) is 18.0 Å². The SMILES string of the molecule is C[C@@H](OC(=O)CCN1C(=O)CSc2ccccc21)C(=O)c1c[nH]c2ccccc12. The third-order valence-corrected chi connectivity index (χ3v) is 5.93. The Kier molecular flexibility index (Phi) is 5.40. The fraction of sp³-hybridized carbons (Fsp3) is 0.227. The molecule has 0 bridgehead atoms. The van der Waals surface area contributed by atoms with E-state index < -0.39 is 12.1 Å². The van der Waals surface area contributed by atoms with Crippen molar-refractivity contribution in [2.75, 3.05) is 17.2 Å². The lowest BCUT2D eigenvalue weighted by molar-refractivity contribution is -0.146. The van der Waals surface area contributed by atoms with Gasteiger partial charge in [-0.15, -0.1) is 11.8 Å². The molecular formula is C22H20N2O4S. The lowest BCUT2D eigenvalue weighted by Gasteiger charge is -2.28. The van der Waals surface area contributed by atoms with Crippen molar-refractivity contribution in [3.8, 4) is 0 Å². The zero-order valence-electron chi connectivity index (χ0n) is 15.9. The summed E-state index contributed by atoms with van der Waals surface area (Å²) in [4.78, 5) is 43.0. The van der Waals surface area contributed by atoms with Crippen molar-refractivity contribution >= 4 is 46.0 Å². The van der Waals surface area contributed by atoms with Crippen LogP contribution >= 0.6 is 11.8 Å². The van der Waals surface area contributed by atoms with Crippen molar-refractivity contribution in [3.05, 3.63) is 60.3 Å². The number of H-pyrrole nitrogens is 1.